The van der Waals surface area contributed by atoms with Gasteiger partial charge < -0.3 is 0 Å². The molecule has 1 aromatic carbocycles. The Morgan fingerprint density at radius 2 is 0.750 bits per heavy atom. The van der Waals surface area contributed by atoms with Gasteiger partial charge in [-0.1, -0.05) is 0 Å². The molecule has 2 aromatic heterocycles. The number of alkyl halides is 12. The van der Waals surface area contributed by atoms with Gasteiger partial charge in [0.1, 0.15) is 22.1 Å². The van der Waals surface area contributed by atoms with Crippen LogP contribution in [-0.2, 0) is 0 Å². The maximum Gasteiger partial charge on any atom is 0.416 e. The van der Waals surface area contributed by atoms with Gasteiger partial charge in [0.2, 0.25) is 0 Å². The summed E-state index contributed by atoms with van der Waals surface area (Å²) in [5, 5.41) is -0.674. The number of fused-ring (bicyclic) bond motifs is 2. The quantitative estimate of drug-likeness (QED) is 0.261. The van der Waals surface area contributed by atoms with Crippen molar-refractivity contribution in [3.8, 4) is 0 Å². The lowest BCUT2D eigenvalue weighted by Gasteiger charge is -2.21. The van der Waals surface area contributed by atoms with Crippen molar-refractivity contribution in [2.45, 2.75) is 37.5 Å². The number of nitrogens with zero attached hydrogens (tertiary/aromatic N) is 4. The highest BCUT2D eigenvalue weighted by Crippen LogP contribution is 2.42. The monoisotopic (exact) mass is 620 g/mol. The van der Waals surface area contributed by atoms with Crippen LogP contribution in [-0.4, -0.2) is 42.2 Å². The van der Waals surface area contributed by atoms with E-state index in [1.54, 1.807) is 0 Å². The van der Waals surface area contributed by atoms with Crippen LogP contribution < -0.4 is 10.4 Å². The fourth-order valence-corrected chi connectivity index (χ4v) is 5.45. The van der Waals surface area contributed by atoms with Gasteiger partial charge in [-0.2, -0.15) is 70.2 Å². The Balaban J connectivity index is 1.92. The molecule has 0 unspecified atom stereocenters. The molecule has 2 aliphatic carbocycles. The third-order valence-electron chi connectivity index (χ3n) is 6.03. The van der Waals surface area contributed by atoms with Crippen molar-refractivity contribution in [1.29, 1.82) is 0 Å². The predicted octanol–water partition coefficient (Wildman–Crippen LogP) is 6.76. The maximum absolute atomic E-state index is 13.5. The van der Waals surface area contributed by atoms with Crippen LogP contribution in [0.5, 0.6) is 0 Å². The molecule has 0 atom stereocenters. The largest absolute Gasteiger partial charge is 0.416 e. The van der Waals surface area contributed by atoms with Crippen LogP contribution in [0.3, 0.4) is 0 Å². The predicted molar refractivity (Wildman–Crippen MR) is 120 cm³/mol. The van der Waals surface area contributed by atoms with Crippen LogP contribution in [0.4, 0.5) is 52.7 Å². The molecular weight excluding hydrogens is 612 g/mol. The van der Waals surface area contributed by atoms with Crippen LogP contribution in [0.1, 0.15) is 12.8 Å². The van der Waals surface area contributed by atoms with Crippen molar-refractivity contribution in [2.75, 3.05) is 0 Å². The highest BCUT2D eigenvalue weighted by atomic mass is 32.1. The van der Waals surface area contributed by atoms with Crippen LogP contribution in [0.15, 0.2) is 46.6 Å². The molecule has 2 aliphatic rings. The molecule has 0 aliphatic heterocycles. The SMILES string of the molecule is FC(F)(F)C1=CC(=c2c3nsnc3c(=C3C=C(C(F)(F)F)C=C(C(F)(F)F)C3)c3nsnc23)CC(C(F)(F)F)=C1. The van der Waals surface area contributed by atoms with E-state index >= 15 is 0 Å². The molecule has 0 saturated carbocycles. The highest BCUT2D eigenvalue weighted by molar-refractivity contribution is 7.00. The minimum atomic E-state index is -5.18. The van der Waals surface area contributed by atoms with Crippen molar-refractivity contribution in [1.82, 2.24) is 17.5 Å². The normalized spacial score (nSPS) is 17.8. The lowest BCUT2D eigenvalue weighted by atomic mass is 9.90. The van der Waals surface area contributed by atoms with E-state index in [0.717, 1.165) is 0 Å². The molecule has 2 heterocycles. The van der Waals surface area contributed by atoms with E-state index in [9.17, 15) is 52.7 Å². The Labute approximate surface area is 221 Å². The summed E-state index contributed by atoms with van der Waals surface area (Å²) in [6.07, 6.45) is -21.9. The Morgan fingerprint density at radius 3 is 1.00 bits per heavy atom. The van der Waals surface area contributed by atoms with Gasteiger partial charge in [-0.3, -0.25) is 0 Å². The Hall–Kier alpha value is -3.28. The maximum atomic E-state index is 13.5. The highest BCUT2D eigenvalue weighted by Gasteiger charge is 2.42. The van der Waals surface area contributed by atoms with E-state index in [4.69, 9.17) is 0 Å². The first kappa shape index (κ1) is 28.3. The van der Waals surface area contributed by atoms with Crippen molar-refractivity contribution >= 4 is 56.7 Å². The standard InChI is InChI=1S/C22H8F12N4S2/c23-19(24,25)9-1-7(2-10(5-9)20(26,27)28)13-15-17(37-39-35-15)14(18-16(13)36-40-38-18)8-3-11(21(29,30)31)6-12(4-8)22(32,33)34/h1,3,5-6H,2,4H2. The fourth-order valence-electron chi connectivity index (χ4n) is 4.33. The summed E-state index contributed by atoms with van der Waals surface area (Å²) in [5.74, 6) is 0. The zero-order chi connectivity index (χ0) is 29.4. The van der Waals surface area contributed by atoms with Crippen molar-refractivity contribution in [2.24, 2.45) is 0 Å². The van der Waals surface area contributed by atoms with Gasteiger partial charge in [-0.15, -0.1) is 0 Å². The average Bonchev–Trinajstić information content (AvgIpc) is 3.49. The van der Waals surface area contributed by atoms with Crippen molar-refractivity contribution in [3.63, 3.8) is 0 Å². The van der Waals surface area contributed by atoms with Gasteiger partial charge >= 0.3 is 24.7 Å². The van der Waals surface area contributed by atoms with Crippen LogP contribution in [0.25, 0.3) is 33.2 Å². The average molecular weight is 620 g/mol. The molecule has 0 radical (unpaired) electrons. The minimum absolute atomic E-state index is 0.0444. The third kappa shape index (κ3) is 5.02. The number of hydrogen-bond donors (Lipinski definition) is 0. The van der Waals surface area contributed by atoms with E-state index in [0.29, 0.717) is 35.6 Å². The summed E-state index contributed by atoms with van der Waals surface area (Å²) in [6.45, 7) is 0. The molecule has 5 rings (SSSR count). The summed E-state index contributed by atoms with van der Waals surface area (Å²) in [4.78, 5) is 0. The second-order valence-corrected chi connectivity index (χ2v) is 9.66. The molecule has 212 valence electrons. The summed E-state index contributed by atoms with van der Waals surface area (Å²) in [6, 6.07) is 0. The van der Waals surface area contributed by atoms with Gasteiger partial charge in [0.15, 0.2) is 0 Å². The fraction of sp³-hybridized carbons (Fsp3) is 0.273. The number of allylic oxidation sites excluding steroid dienone is 8. The molecule has 0 N–H and O–H groups in total. The Bertz CT molecular complexity index is 1610. The zero-order valence-corrected chi connectivity index (χ0v) is 20.5. The first-order chi connectivity index (χ1) is 18.4. The van der Waals surface area contributed by atoms with E-state index in [1.165, 1.54) is 0 Å². The first-order valence-electron chi connectivity index (χ1n) is 10.6. The van der Waals surface area contributed by atoms with Crippen molar-refractivity contribution in [3.05, 3.63) is 57.0 Å². The molecule has 0 saturated heterocycles. The molecule has 18 heteroatoms. The van der Waals surface area contributed by atoms with E-state index in [2.05, 4.69) is 17.5 Å². The van der Waals surface area contributed by atoms with E-state index in [-0.39, 0.29) is 44.7 Å². The number of halogens is 12. The number of aromatic nitrogens is 4. The first-order valence-corrected chi connectivity index (χ1v) is 12.1. The number of benzene rings is 1. The molecule has 0 amide bonds. The molecule has 4 nitrogen and oxygen atoms in total. The van der Waals surface area contributed by atoms with Gasteiger partial charge in [0, 0.05) is 34.4 Å². The van der Waals surface area contributed by atoms with Gasteiger partial charge in [0.25, 0.3) is 0 Å². The van der Waals surface area contributed by atoms with Gasteiger partial charge in [-0.05, 0) is 35.5 Å². The van der Waals surface area contributed by atoms with E-state index in [1.807, 2.05) is 0 Å². The summed E-state index contributed by atoms with van der Waals surface area (Å²) < 4.78 is 178. The van der Waals surface area contributed by atoms with Gasteiger partial charge in [-0.25, -0.2) is 0 Å². The molecule has 40 heavy (non-hydrogen) atoms. The smallest absolute Gasteiger partial charge is 0.172 e. The van der Waals surface area contributed by atoms with Gasteiger partial charge in [0.05, 0.1) is 34.6 Å². The topological polar surface area (TPSA) is 51.6 Å². The minimum Gasteiger partial charge on any atom is -0.172 e. The second kappa shape index (κ2) is 9.12. The summed E-state index contributed by atoms with van der Waals surface area (Å²) >= 11 is 0.821. The third-order valence-corrected chi connectivity index (χ3v) is 7.09. The number of hydrogen-bond acceptors (Lipinski definition) is 6. The summed E-state index contributed by atoms with van der Waals surface area (Å²) in [5.41, 5.74) is -8.73. The lowest BCUT2D eigenvalue weighted by Crippen LogP contribution is -2.25. The molecule has 0 bridgehead atoms. The Kier molecular flexibility index (Phi) is 6.44. The van der Waals surface area contributed by atoms with Crippen LogP contribution in [0.2, 0.25) is 0 Å². The van der Waals surface area contributed by atoms with Crippen molar-refractivity contribution < 1.29 is 52.7 Å². The second-order valence-electron chi connectivity index (χ2n) is 8.61. The summed E-state index contributed by atoms with van der Waals surface area (Å²) in [7, 11) is 0. The lowest BCUT2D eigenvalue weighted by molar-refractivity contribution is -0.0987. The number of rotatable bonds is 0. The van der Waals surface area contributed by atoms with Crippen LogP contribution in [0, 0.1) is 0 Å². The van der Waals surface area contributed by atoms with E-state index < -0.39 is 71.0 Å². The molecule has 0 fully saturated rings. The molecule has 3 aromatic rings. The molecule has 0 spiro atoms. The van der Waals surface area contributed by atoms with Crippen LogP contribution >= 0.6 is 23.5 Å². The molecular formula is C22H8F12N4S2. The Morgan fingerprint density at radius 1 is 0.450 bits per heavy atom. The zero-order valence-electron chi connectivity index (χ0n) is 18.9.